The number of amides is 1. The number of benzene rings is 2. The van der Waals surface area contributed by atoms with E-state index in [4.69, 9.17) is 14.2 Å². The SMILES string of the molecule is COc1ccc(C(=O)N2CC(N(Cc3ccccc3)C3CCOCC3)C2)cc1OC. The van der Waals surface area contributed by atoms with Crippen LogP contribution in [0.1, 0.15) is 28.8 Å². The number of likely N-dealkylation sites (tertiary alicyclic amines) is 1. The molecule has 0 atom stereocenters. The summed E-state index contributed by atoms with van der Waals surface area (Å²) in [5.41, 5.74) is 1.94. The van der Waals surface area contributed by atoms with Crippen molar-refractivity contribution in [1.29, 1.82) is 0 Å². The smallest absolute Gasteiger partial charge is 0.254 e. The number of ether oxygens (including phenoxy) is 3. The number of hydrogen-bond acceptors (Lipinski definition) is 5. The summed E-state index contributed by atoms with van der Waals surface area (Å²) in [6.07, 6.45) is 2.10. The fourth-order valence-electron chi connectivity index (χ4n) is 4.35. The van der Waals surface area contributed by atoms with Crippen LogP contribution in [0.4, 0.5) is 0 Å². The Morgan fingerprint density at radius 3 is 2.37 bits per heavy atom. The first-order chi connectivity index (χ1) is 14.7. The van der Waals surface area contributed by atoms with Crippen molar-refractivity contribution in [3.05, 3.63) is 59.7 Å². The van der Waals surface area contributed by atoms with Gasteiger partial charge in [0.2, 0.25) is 0 Å². The van der Waals surface area contributed by atoms with Crippen molar-refractivity contribution in [1.82, 2.24) is 9.80 Å². The normalized spacial score (nSPS) is 17.6. The van der Waals surface area contributed by atoms with E-state index < -0.39 is 0 Å². The zero-order chi connectivity index (χ0) is 20.9. The van der Waals surface area contributed by atoms with Gasteiger partial charge in [0.05, 0.1) is 14.2 Å². The maximum absolute atomic E-state index is 13.0. The Balaban J connectivity index is 1.43. The van der Waals surface area contributed by atoms with Crippen LogP contribution in [-0.2, 0) is 11.3 Å². The Labute approximate surface area is 178 Å². The van der Waals surface area contributed by atoms with Crippen molar-refractivity contribution >= 4 is 5.91 Å². The summed E-state index contributed by atoms with van der Waals surface area (Å²) in [6, 6.07) is 16.8. The number of hydrogen-bond donors (Lipinski definition) is 0. The van der Waals surface area contributed by atoms with Crippen LogP contribution >= 0.6 is 0 Å². The molecule has 30 heavy (non-hydrogen) atoms. The van der Waals surface area contributed by atoms with Gasteiger partial charge < -0.3 is 19.1 Å². The van der Waals surface area contributed by atoms with Crippen molar-refractivity contribution in [3.8, 4) is 11.5 Å². The Morgan fingerprint density at radius 2 is 1.70 bits per heavy atom. The van der Waals surface area contributed by atoms with E-state index in [9.17, 15) is 4.79 Å². The molecule has 2 saturated heterocycles. The average Bonchev–Trinajstić information content (AvgIpc) is 2.78. The molecule has 0 bridgehead atoms. The molecule has 2 aliphatic heterocycles. The van der Waals surface area contributed by atoms with Gasteiger partial charge in [-0.05, 0) is 36.6 Å². The van der Waals surface area contributed by atoms with E-state index in [1.54, 1.807) is 32.4 Å². The van der Waals surface area contributed by atoms with Crippen molar-refractivity contribution in [3.63, 3.8) is 0 Å². The van der Waals surface area contributed by atoms with Gasteiger partial charge in [-0.25, -0.2) is 0 Å². The fourth-order valence-corrected chi connectivity index (χ4v) is 4.35. The minimum Gasteiger partial charge on any atom is -0.493 e. The zero-order valence-electron chi connectivity index (χ0n) is 17.8. The van der Waals surface area contributed by atoms with Crippen LogP contribution in [0.5, 0.6) is 11.5 Å². The summed E-state index contributed by atoms with van der Waals surface area (Å²) >= 11 is 0. The lowest BCUT2D eigenvalue weighted by atomic mass is 9.98. The predicted molar refractivity (Wildman–Crippen MR) is 115 cm³/mol. The molecule has 0 spiro atoms. The minimum atomic E-state index is 0.0406. The van der Waals surface area contributed by atoms with Crippen molar-refractivity contribution in [2.24, 2.45) is 0 Å². The van der Waals surface area contributed by atoms with Crippen molar-refractivity contribution < 1.29 is 19.0 Å². The molecule has 2 heterocycles. The van der Waals surface area contributed by atoms with E-state index in [1.807, 2.05) is 4.90 Å². The van der Waals surface area contributed by atoms with Crippen LogP contribution in [0.3, 0.4) is 0 Å². The lowest BCUT2D eigenvalue weighted by molar-refractivity contribution is -0.0289. The van der Waals surface area contributed by atoms with Gasteiger partial charge in [-0.3, -0.25) is 9.69 Å². The molecule has 2 aromatic rings. The maximum atomic E-state index is 13.0. The quantitative estimate of drug-likeness (QED) is 0.702. The molecule has 0 aromatic heterocycles. The molecule has 1 amide bonds. The van der Waals surface area contributed by atoms with Gasteiger partial charge >= 0.3 is 0 Å². The standard InChI is InChI=1S/C24H30N2O4/c1-28-22-9-8-19(14-23(22)29-2)24(27)25-16-21(17-25)26(20-10-12-30-13-11-20)15-18-6-4-3-5-7-18/h3-9,14,20-21H,10-13,15-17H2,1-2H3. The predicted octanol–water partition coefficient (Wildman–Crippen LogP) is 3.21. The first-order valence-corrected chi connectivity index (χ1v) is 10.6. The minimum absolute atomic E-state index is 0.0406. The highest BCUT2D eigenvalue weighted by Crippen LogP contribution is 2.30. The molecule has 0 radical (unpaired) electrons. The maximum Gasteiger partial charge on any atom is 0.254 e. The molecule has 0 N–H and O–H groups in total. The van der Waals surface area contributed by atoms with Gasteiger partial charge in [0.25, 0.3) is 5.91 Å². The molecule has 2 aromatic carbocycles. The van der Waals surface area contributed by atoms with Gasteiger partial charge in [-0.1, -0.05) is 30.3 Å². The number of methoxy groups -OCH3 is 2. The van der Waals surface area contributed by atoms with Crippen LogP contribution in [0.15, 0.2) is 48.5 Å². The van der Waals surface area contributed by atoms with Crippen LogP contribution in [0.25, 0.3) is 0 Å². The van der Waals surface area contributed by atoms with Crippen LogP contribution in [0.2, 0.25) is 0 Å². The Bertz CT molecular complexity index is 846. The Morgan fingerprint density at radius 1 is 1.00 bits per heavy atom. The largest absolute Gasteiger partial charge is 0.493 e. The third kappa shape index (κ3) is 4.45. The van der Waals surface area contributed by atoms with E-state index in [1.165, 1.54) is 5.56 Å². The number of nitrogens with zero attached hydrogens (tertiary/aromatic N) is 2. The average molecular weight is 411 g/mol. The van der Waals surface area contributed by atoms with Gasteiger partial charge in [0, 0.05) is 50.5 Å². The molecule has 6 heteroatoms. The highest BCUT2D eigenvalue weighted by molar-refractivity contribution is 5.95. The van der Waals surface area contributed by atoms with Crippen LogP contribution in [-0.4, -0.2) is 68.3 Å². The molecule has 4 rings (SSSR count). The summed E-state index contributed by atoms with van der Waals surface area (Å²) in [5, 5.41) is 0. The Kier molecular flexibility index (Phi) is 6.55. The highest BCUT2D eigenvalue weighted by Gasteiger charge is 2.38. The Hall–Kier alpha value is -2.57. The number of rotatable bonds is 7. The molecule has 2 aliphatic rings. The van der Waals surface area contributed by atoms with Gasteiger partial charge in [0.15, 0.2) is 11.5 Å². The molecule has 0 unspecified atom stereocenters. The van der Waals surface area contributed by atoms with Gasteiger partial charge in [0.1, 0.15) is 0 Å². The fraction of sp³-hybridized carbons (Fsp3) is 0.458. The third-order valence-corrected chi connectivity index (χ3v) is 6.12. The van der Waals surface area contributed by atoms with Gasteiger partial charge in [-0.2, -0.15) is 0 Å². The lowest BCUT2D eigenvalue weighted by Crippen LogP contribution is -2.63. The first-order valence-electron chi connectivity index (χ1n) is 10.6. The lowest BCUT2D eigenvalue weighted by Gasteiger charge is -2.49. The topological polar surface area (TPSA) is 51.2 Å². The van der Waals surface area contributed by atoms with E-state index in [0.29, 0.717) is 29.1 Å². The van der Waals surface area contributed by atoms with Crippen LogP contribution in [0, 0.1) is 0 Å². The van der Waals surface area contributed by atoms with E-state index in [2.05, 4.69) is 35.2 Å². The summed E-state index contributed by atoms with van der Waals surface area (Å²) in [5.74, 6) is 1.25. The molecule has 6 nitrogen and oxygen atoms in total. The second kappa shape index (κ2) is 9.49. The highest BCUT2D eigenvalue weighted by atomic mass is 16.5. The summed E-state index contributed by atoms with van der Waals surface area (Å²) in [6.45, 7) is 4.04. The van der Waals surface area contributed by atoms with E-state index in [0.717, 1.165) is 45.7 Å². The molecule has 0 aliphatic carbocycles. The number of carbonyl (C=O) groups excluding carboxylic acids is 1. The van der Waals surface area contributed by atoms with Crippen molar-refractivity contribution in [2.75, 3.05) is 40.5 Å². The molecule has 160 valence electrons. The van der Waals surface area contributed by atoms with E-state index >= 15 is 0 Å². The zero-order valence-corrected chi connectivity index (χ0v) is 17.8. The molecule has 2 fully saturated rings. The second-order valence-corrected chi connectivity index (χ2v) is 7.94. The first kappa shape index (κ1) is 20.7. The monoisotopic (exact) mass is 410 g/mol. The summed E-state index contributed by atoms with van der Waals surface area (Å²) in [7, 11) is 3.18. The summed E-state index contributed by atoms with van der Waals surface area (Å²) in [4.78, 5) is 17.5. The molecular weight excluding hydrogens is 380 g/mol. The molecular formula is C24H30N2O4. The second-order valence-electron chi connectivity index (χ2n) is 7.94. The van der Waals surface area contributed by atoms with E-state index in [-0.39, 0.29) is 5.91 Å². The van der Waals surface area contributed by atoms with Crippen LogP contribution < -0.4 is 9.47 Å². The summed E-state index contributed by atoms with van der Waals surface area (Å²) < 4.78 is 16.2. The van der Waals surface area contributed by atoms with Gasteiger partial charge in [-0.15, -0.1) is 0 Å². The third-order valence-electron chi connectivity index (χ3n) is 6.12. The van der Waals surface area contributed by atoms with Crippen molar-refractivity contribution in [2.45, 2.75) is 31.5 Å². The molecule has 0 saturated carbocycles. The number of carbonyl (C=O) groups is 1.